The maximum absolute atomic E-state index is 11.0. The van der Waals surface area contributed by atoms with E-state index in [0.717, 1.165) is 43.8 Å². The molecule has 2 aliphatic rings. The summed E-state index contributed by atoms with van der Waals surface area (Å²) >= 11 is -0.673. The molecular formula is C34H20F3InN8O2. The molecule has 2 aliphatic heterocycles. The van der Waals surface area contributed by atoms with Crippen molar-refractivity contribution in [2.45, 2.75) is 6.18 Å². The van der Waals surface area contributed by atoms with Crippen LogP contribution in [-0.4, -0.2) is 76.8 Å². The van der Waals surface area contributed by atoms with Crippen molar-refractivity contribution in [2.75, 3.05) is 0 Å². The van der Waals surface area contributed by atoms with E-state index < -0.39 is 37.0 Å². The third-order valence-corrected chi connectivity index (χ3v) is 8.94. The Kier molecular flexibility index (Phi) is 7.17. The smallest absolute Gasteiger partial charge is 0.164 e. The van der Waals surface area contributed by atoms with Crippen LogP contribution in [0.15, 0.2) is 97.1 Å². The number of benzene rings is 4. The zero-order chi connectivity index (χ0) is 33.0. The van der Waals surface area contributed by atoms with Gasteiger partial charge in [0.2, 0.25) is 0 Å². The Morgan fingerprint density at radius 3 is 1.00 bits per heavy atom. The molecule has 7 aromatic rings. The number of fused-ring (bicyclic) bond motifs is 20. The van der Waals surface area contributed by atoms with Crippen LogP contribution in [0, 0.1) is 0 Å². The average Bonchev–Trinajstić information content (AvgIpc) is 3.83. The zero-order valence-corrected chi connectivity index (χ0v) is 30.6. The van der Waals surface area contributed by atoms with Gasteiger partial charge in [0.1, 0.15) is 22.6 Å². The number of carbonyl (C=O) groups is 1. The quantitative estimate of drug-likeness (QED) is 0.180. The van der Waals surface area contributed by atoms with Crippen molar-refractivity contribution < 1.29 is 20.8 Å². The Labute approximate surface area is 283 Å². The summed E-state index contributed by atoms with van der Waals surface area (Å²) in [5.74, 6) is 0.313. The molecule has 10 nitrogen and oxygen atoms in total. The first-order valence-corrected chi connectivity index (χ1v) is 17.0. The number of aromatic nitrogens is 8. The van der Waals surface area contributed by atoms with Crippen LogP contribution in [-0.2, 0) is 7.65 Å². The predicted molar refractivity (Wildman–Crippen MR) is 177 cm³/mol. The zero-order valence-electron chi connectivity index (χ0n) is 24.9. The van der Waals surface area contributed by atoms with E-state index in [1.807, 2.05) is 97.1 Å². The van der Waals surface area contributed by atoms with E-state index in [2.05, 4.69) is 12.8 Å². The van der Waals surface area contributed by atoms with Gasteiger partial charge >= 0.3 is 57.8 Å². The summed E-state index contributed by atoms with van der Waals surface area (Å²) in [6.45, 7) is 0. The van der Waals surface area contributed by atoms with E-state index in [1.54, 1.807) is 0 Å². The number of nitrogens with one attached hydrogen (secondary N) is 2. The summed E-state index contributed by atoms with van der Waals surface area (Å²) in [5.41, 5.74) is 6.45. The van der Waals surface area contributed by atoms with E-state index >= 15 is 0 Å². The molecule has 0 saturated carbocycles. The van der Waals surface area contributed by atoms with Crippen molar-refractivity contribution in [2.24, 2.45) is 0 Å². The van der Waals surface area contributed by atoms with Gasteiger partial charge in [0, 0.05) is 43.8 Å². The van der Waals surface area contributed by atoms with Crippen molar-refractivity contribution in [1.82, 2.24) is 39.9 Å². The first-order valence-electron chi connectivity index (χ1n) is 14.6. The van der Waals surface area contributed by atoms with E-state index in [9.17, 15) is 18.0 Å². The van der Waals surface area contributed by atoms with Gasteiger partial charge < -0.3 is 9.97 Å². The molecule has 0 radical (unpaired) electrons. The van der Waals surface area contributed by atoms with Crippen LogP contribution in [0.2, 0.25) is 0 Å². The number of alkyl halides is 3. The van der Waals surface area contributed by atoms with E-state index in [0.29, 0.717) is 45.9 Å². The SMILES string of the molecule is O=C([O][InH2])C(F)(F)F.c1ccc2c(c1)-c1nc-2nc2[nH]c(nc3nc(nc4[nH]c(n1)c1ccccc41)-c1ccccc1-3)c1ccccc21. The summed E-state index contributed by atoms with van der Waals surface area (Å²) in [6.07, 6.45) is -4.80. The van der Waals surface area contributed by atoms with Crippen LogP contribution in [0.25, 0.3) is 89.7 Å². The van der Waals surface area contributed by atoms with Gasteiger partial charge in [-0.05, 0) is 0 Å². The molecule has 14 heteroatoms. The number of rotatable bonds is 0. The van der Waals surface area contributed by atoms with Crippen LogP contribution in [0.3, 0.4) is 0 Å². The summed E-state index contributed by atoms with van der Waals surface area (Å²) in [6, 6.07) is 32.2. The number of hydrogen-bond donors (Lipinski definition) is 2. The molecule has 0 unspecified atom stereocenters. The summed E-state index contributed by atoms with van der Waals surface area (Å²) in [7, 11) is 0. The van der Waals surface area contributed by atoms with Crippen LogP contribution >= 0.6 is 0 Å². The van der Waals surface area contributed by atoms with Gasteiger partial charge in [-0.25, -0.2) is 29.9 Å². The fourth-order valence-electron chi connectivity index (χ4n) is 5.71. The third-order valence-electron chi connectivity index (χ3n) is 7.88. The van der Waals surface area contributed by atoms with Gasteiger partial charge in [0.15, 0.2) is 23.3 Å². The summed E-state index contributed by atoms with van der Waals surface area (Å²) < 4.78 is 36.6. The van der Waals surface area contributed by atoms with Crippen LogP contribution in [0.5, 0.6) is 0 Å². The molecule has 2 N–H and O–H groups in total. The van der Waals surface area contributed by atoms with E-state index in [4.69, 9.17) is 29.9 Å². The van der Waals surface area contributed by atoms with Crippen LogP contribution < -0.4 is 0 Å². The number of hydrogen-bond acceptors (Lipinski definition) is 8. The predicted octanol–water partition coefficient (Wildman–Crippen LogP) is 6.51. The molecule has 0 amide bonds. The number of halogens is 3. The van der Waals surface area contributed by atoms with Crippen molar-refractivity contribution in [3.05, 3.63) is 97.1 Å². The molecule has 4 aromatic carbocycles. The molecule has 0 atom stereocenters. The summed E-state index contributed by atoms with van der Waals surface area (Å²) in [4.78, 5) is 46.3. The first-order chi connectivity index (χ1) is 23.3. The number of carbonyl (C=O) groups excluding carboxylic acids is 1. The standard InChI is InChI=1S/C32H18N8.C2HF3O2.In.2H/c1-2-10-18-17(9-1)25-33-26(18)38-28-21-13-5-6-14-22(21)30(35-28)40-32-24-16-8-7-15-23(24)31(36-32)39-29-20-12-4-3-11-19(20)27(34-29)37-25;3-2(4,5)1(6)7;;;/h1-16H,(H2,33,34,35,36,37,38,39,40);(H,6,7);;;/q;;+1;;/p-1. The molecule has 0 aliphatic carbocycles. The maximum atomic E-state index is 11.0. The Balaban J connectivity index is 0.000000377. The molecular weight excluding hydrogens is 724 g/mol. The number of H-pyrrole nitrogens is 2. The molecule has 5 heterocycles. The fraction of sp³-hybridized carbons (Fsp3) is 0.0294. The Hall–Kier alpha value is -5.63. The van der Waals surface area contributed by atoms with Gasteiger partial charge in [-0.3, -0.25) is 0 Å². The number of nitrogens with zero attached hydrogens (tertiary/aromatic N) is 6. The number of aromatic amines is 2. The molecule has 0 fully saturated rings. The second-order valence-corrected chi connectivity index (χ2v) is 11.9. The molecule has 3 aromatic heterocycles. The molecule has 0 spiro atoms. The topological polar surface area (TPSA) is 135 Å². The van der Waals surface area contributed by atoms with E-state index in [1.165, 1.54) is 0 Å². The maximum Gasteiger partial charge on any atom is 0.164 e. The summed E-state index contributed by atoms with van der Waals surface area (Å²) in [5, 5.41) is 3.82. The minimum atomic E-state index is -4.80. The van der Waals surface area contributed by atoms with Gasteiger partial charge in [0.25, 0.3) is 0 Å². The molecule has 9 rings (SSSR count). The Bertz CT molecular complexity index is 2280. The molecule has 232 valence electrons. The fourth-order valence-corrected chi connectivity index (χ4v) is 6.37. The molecule has 8 bridgehead atoms. The van der Waals surface area contributed by atoms with Crippen molar-refractivity contribution in [3.8, 4) is 45.6 Å². The average molecular weight is 744 g/mol. The molecule has 0 saturated heterocycles. The Morgan fingerprint density at radius 2 is 0.771 bits per heavy atom. The van der Waals surface area contributed by atoms with Crippen molar-refractivity contribution in [3.63, 3.8) is 0 Å². The van der Waals surface area contributed by atoms with Gasteiger partial charge in [-0.2, -0.15) is 0 Å². The molecule has 48 heavy (non-hydrogen) atoms. The minimum Gasteiger partial charge on any atom is -0.324 e. The first kappa shape index (κ1) is 29.8. The second-order valence-electron chi connectivity index (χ2n) is 10.8. The Morgan fingerprint density at radius 1 is 0.500 bits per heavy atom. The van der Waals surface area contributed by atoms with Crippen molar-refractivity contribution >= 4 is 74.9 Å². The van der Waals surface area contributed by atoms with Gasteiger partial charge in [-0.1, -0.05) is 97.1 Å². The van der Waals surface area contributed by atoms with Gasteiger partial charge in [-0.15, -0.1) is 0 Å². The minimum absolute atomic E-state index is 0.597. The largest absolute Gasteiger partial charge is 0.324 e. The van der Waals surface area contributed by atoms with Crippen LogP contribution in [0.4, 0.5) is 13.2 Å². The van der Waals surface area contributed by atoms with Crippen molar-refractivity contribution in [1.29, 1.82) is 0 Å². The van der Waals surface area contributed by atoms with Gasteiger partial charge in [0.05, 0.1) is 0 Å². The third kappa shape index (κ3) is 5.14. The van der Waals surface area contributed by atoms with E-state index in [-0.39, 0.29) is 0 Å². The normalized spacial score (nSPS) is 11.8. The van der Waals surface area contributed by atoms with Crippen LogP contribution in [0.1, 0.15) is 0 Å². The monoisotopic (exact) mass is 744 g/mol. The second kappa shape index (κ2) is 11.6.